The third kappa shape index (κ3) is 5.03. The van der Waals surface area contributed by atoms with Crippen LogP contribution in [-0.2, 0) is 12.3 Å². The lowest BCUT2D eigenvalue weighted by Gasteiger charge is -2.18. The zero-order valence-electron chi connectivity index (χ0n) is 14.7. The average Bonchev–Trinajstić information content (AvgIpc) is 2.57. The van der Waals surface area contributed by atoms with Gasteiger partial charge in [0, 0.05) is 12.8 Å². The Balaban J connectivity index is 2.09. The Hall–Kier alpha value is -1.43. The van der Waals surface area contributed by atoms with E-state index in [0.717, 1.165) is 22.4 Å². The standard InChI is InChI=1S/C19H25N3S2/c1-14-8-5-6-10-16(14)12-21-19(23-4)24-13-17-15(2)9-7-11-18(17)22(3)20/h5-11H,12-13,20H2,1-4H3/b21-19-. The van der Waals surface area contributed by atoms with Gasteiger partial charge in [0.05, 0.1) is 12.2 Å². The Morgan fingerprint density at radius 2 is 1.79 bits per heavy atom. The van der Waals surface area contributed by atoms with Gasteiger partial charge in [0.15, 0.2) is 0 Å². The van der Waals surface area contributed by atoms with Crippen molar-refractivity contribution in [3.63, 3.8) is 0 Å². The molecule has 2 aromatic rings. The molecule has 128 valence electrons. The van der Waals surface area contributed by atoms with E-state index in [4.69, 9.17) is 10.8 Å². The number of anilines is 1. The van der Waals surface area contributed by atoms with E-state index in [0.29, 0.717) is 0 Å². The fourth-order valence-electron chi connectivity index (χ4n) is 2.45. The van der Waals surface area contributed by atoms with Crippen LogP contribution >= 0.6 is 23.5 Å². The highest BCUT2D eigenvalue weighted by Crippen LogP contribution is 2.28. The monoisotopic (exact) mass is 359 g/mol. The Kier molecular flexibility index (Phi) is 7.21. The molecule has 0 aromatic heterocycles. The quantitative estimate of drug-likeness (QED) is 0.361. The van der Waals surface area contributed by atoms with Gasteiger partial charge in [-0.2, -0.15) is 0 Å². The topological polar surface area (TPSA) is 41.6 Å². The lowest BCUT2D eigenvalue weighted by atomic mass is 10.1. The number of nitrogens with two attached hydrogens (primary N) is 1. The lowest BCUT2D eigenvalue weighted by Crippen LogP contribution is -2.26. The third-order valence-corrected chi connectivity index (χ3v) is 6.06. The second-order valence-corrected chi connectivity index (χ2v) is 7.70. The molecule has 0 aliphatic heterocycles. The maximum Gasteiger partial charge on any atom is 0.124 e. The Labute approximate surface area is 153 Å². The summed E-state index contributed by atoms with van der Waals surface area (Å²) >= 11 is 3.48. The van der Waals surface area contributed by atoms with Gasteiger partial charge < -0.3 is 5.01 Å². The minimum absolute atomic E-state index is 0.729. The van der Waals surface area contributed by atoms with Crippen LogP contribution in [0.1, 0.15) is 22.3 Å². The summed E-state index contributed by atoms with van der Waals surface area (Å²) in [5.41, 5.74) is 6.17. The summed E-state index contributed by atoms with van der Waals surface area (Å²) in [6.45, 7) is 4.99. The number of hydrazine groups is 1. The first kappa shape index (κ1) is 18.9. The summed E-state index contributed by atoms with van der Waals surface area (Å²) in [7, 11) is 1.88. The van der Waals surface area contributed by atoms with Crippen molar-refractivity contribution in [1.29, 1.82) is 0 Å². The highest BCUT2D eigenvalue weighted by Gasteiger charge is 2.10. The van der Waals surface area contributed by atoms with Crippen LogP contribution in [0.25, 0.3) is 0 Å². The van der Waals surface area contributed by atoms with Gasteiger partial charge in [-0.15, -0.1) is 11.8 Å². The van der Waals surface area contributed by atoms with E-state index in [-0.39, 0.29) is 0 Å². The number of aliphatic imine (C=N–C) groups is 1. The van der Waals surface area contributed by atoms with E-state index in [9.17, 15) is 0 Å². The smallest absolute Gasteiger partial charge is 0.124 e. The maximum absolute atomic E-state index is 5.96. The summed E-state index contributed by atoms with van der Waals surface area (Å²) < 4.78 is 1.10. The molecule has 3 nitrogen and oxygen atoms in total. The molecule has 2 aromatic carbocycles. The number of benzene rings is 2. The molecular weight excluding hydrogens is 334 g/mol. The summed E-state index contributed by atoms with van der Waals surface area (Å²) in [6.07, 6.45) is 2.08. The van der Waals surface area contributed by atoms with Crippen LogP contribution in [0.3, 0.4) is 0 Å². The molecular formula is C19H25N3S2. The first-order chi connectivity index (χ1) is 11.5. The van der Waals surface area contributed by atoms with Gasteiger partial charge in [-0.05, 0) is 48.4 Å². The van der Waals surface area contributed by atoms with Crippen LogP contribution in [0, 0.1) is 13.8 Å². The lowest BCUT2D eigenvalue weighted by molar-refractivity contribution is 1.00. The largest absolute Gasteiger partial charge is 0.314 e. The maximum atomic E-state index is 5.96. The third-order valence-electron chi connectivity index (χ3n) is 3.92. The van der Waals surface area contributed by atoms with E-state index in [1.807, 2.05) is 13.1 Å². The highest BCUT2D eigenvalue weighted by molar-refractivity contribution is 8.38. The van der Waals surface area contributed by atoms with Gasteiger partial charge >= 0.3 is 0 Å². The van der Waals surface area contributed by atoms with Crippen LogP contribution in [0.15, 0.2) is 47.5 Å². The van der Waals surface area contributed by atoms with Crippen molar-refractivity contribution >= 4 is 33.6 Å². The first-order valence-corrected chi connectivity index (χ1v) is 10.1. The molecule has 5 heteroatoms. The second kappa shape index (κ2) is 9.16. The number of rotatable bonds is 5. The van der Waals surface area contributed by atoms with Gasteiger partial charge in [-0.25, -0.2) is 5.84 Å². The van der Waals surface area contributed by atoms with Crippen LogP contribution < -0.4 is 10.9 Å². The van der Waals surface area contributed by atoms with Crippen molar-refractivity contribution in [1.82, 2.24) is 0 Å². The number of nitrogens with zero attached hydrogens (tertiary/aromatic N) is 2. The number of thioether (sulfide) groups is 2. The van der Waals surface area contributed by atoms with E-state index in [1.54, 1.807) is 28.5 Å². The SMILES string of the molecule is CS/C(=N/Cc1ccccc1C)SCc1c(C)cccc1N(C)N. The molecule has 0 bridgehead atoms. The molecule has 0 aliphatic rings. The first-order valence-electron chi connectivity index (χ1n) is 7.85. The minimum atomic E-state index is 0.729. The van der Waals surface area contributed by atoms with Crippen molar-refractivity contribution in [3.05, 3.63) is 64.7 Å². The summed E-state index contributed by atoms with van der Waals surface area (Å²) in [5.74, 6) is 6.83. The van der Waals surface area contributed by atoms with Crippen molar-refractivity contribution in [3.8, 4) is 0 Å². The average molecular weight is 360 g/mol. The summed E-state index contributed by atoms with van der Waals surface area (Å²) in [5, 5.41) is 1.69. The molecule has 0 heterocycles. The predicted octanol–water partition coefficient (Wildman–Crippen LogP) is 4.77. The fourth-order valence-corrected chi connectivity index (χ4v) is 4.09. The molecule has 0 unspecified atom stereocenters. The molecule has 0 radical (unpaired) electrons. The Morgan fingerprint density at radius 1 is 1.08 bits per heavy atom. The van der Waals surface area contributed by atoms with Crippen LogP contribution in [0.2, 0.25) is 0 Å². The van der Waals surface area contributed by atoms with Crippen molar-refractivity contribution < 1.29 is 0 Å². The Bertz CT molecular complexity index is 712. The van der Waals surface area contributed by atoms with Crippen molar-refractivity contribution in [2.24, 2.45) is 10.8 Å². The Morgan fingerprint density at radius 3 is 2.46 bits per heavy atom. The van der Waals surface area contributed by atoms with Crippen molar-refractivity contribution in [2.45, 2.75) is 26.1 Å². The van der Waals surface area contributed by atoms with Gasteiger partial charge in [-0.1, -0.05) is 48.2 Å². The molecule has 0 spiro atoms. The molecule has 0 atom stereocenters. The van der Waals surface area contributed by atoms with E-state index in [2.05, 4.69) is 56.5 Å². The molecule has 0 saturated carbocycles. The molecule has 0 fully saturated rings. The summed E-state index contributed by atoms with van der Waals surface area (Å²) in [6, 6.07) is 14.6. The fraction of sp³-hybridized carbons (Fsp3) is 0.316. The normalized spacial score (nSPS) is 11.6. The summed E-state index contributed by atoms with van der Waals surface area (Å²) in [4.78, 5) is 4.79. The number of aryl methyl sites for hydroxylation is 2. The molecule has 24 heavy (non-hydrogen) atoms. The van der Waals surface area contributed by atoms with Gasteiger partial charge in [0.2, 0.25) is 0 Å². The number of hydrogen-bond donors (Lipinski definition) is 1. The van der Waals surface area contributed by atoms with Crippen molar-refractivity contribution in [2.75, 3.05) is 18.3 Å². The molecule has 2 N–H and O–H groups in total. The molecule has 0 saturated heterocycles. The van der Waals surface area contributed by atoms with E-state index >= 15 is 0 Å². The zero-order chi connectivity index (χ0) is 17.5. The van der Waals surface area contributed by atoms with Gasteiger partial charge in [0.25, 0.3) is 0 Å². The minimum Gasteiger partial charge on any atom is -0.314 e. The van der Waals surface area contributed by atoms with Crippen LogP contribution in [0.4, 0.5) is 5.69 Å². The van der Waals surface area contributed by atoms with E-state index < -0.39 is 0 Å². The van der Waals surface area contributed by atoms with E-state index in [1.165, 1.54) is 22.3 Å². The molecule has 0 aliphatic carbocycles. The van der Waals surface area contributed by atoms with Gasteiger partial charge in [0.1, 0.15) is 4.38 Å². The van der Waals surface area contributed by atoms with Crippen LogP contribution in [0.5, 0.6) is 0 Å². The highest BCUT2D eigenvalue weighted by atomic mass is 32.2. The number of hydrogen-bond acceptors (Lipinski definition) is 5. The molecule has 0 amide bonds. The predicted molar refractivity (Wildman–Crippen MR) is 111 cm³/mol. The molecule has 2 rings (SSSR count). The van der Waals surface area contributed by atoms with Gasteiger partial charge in [-0.3, -0.25) is 4.99 Å². The van der Waals surface area contributed by atoms with Crippen LogP contribution in [-0.4, -0.2) is 17.7 Å². The zero-order valence-corrected chi connectivity index (χ0v) is 16.4. The second-order valence-electron chi connectivity index (χ2n) is 5.68.